The maximum atomic E-state index is 12.8. The second-order valence-electron chi connectivity index (χ2n) is 6.49. The van der Waals surface area contributed by atoms with E-state index in [-0.39, 0.29) is 17.4 Å². The highest BCUT2D eigenvalue weighted by Gasteiger charge is 2.29. The van der Waals surface area contributed by atoms with E-state index in [0.717, 1.165) is 29.7 Å². The Bertz CT molecular complexity index is 956. The Balaban J connectivity index is 1.82. The lowest BCUT2D eigenvalue weighted by molar-refractivity contribution is -0.144. The average Bonchev–Trinajstić information content (AvgIpc) is 3.01. The van der Waals surface area contributed by atoms with Gasteiger partial charge in [-0.25, -0.2) is 13.1 Å². The summed E-state index contributed by atoms with van der Waals surface area (Å²) in [6.45, 7) is 3.90. The van der Waals surface area contributed by atoms with E-state index in [1.54, 1.807) is 23.9 Å². The summed E-state index contributed by atoms with van der Waals surface area (Å²) in [6.07, 6.45) is 3.83. The van der Waals surface area contributed by atoms with Crippen molar-refractivity contribution >= 4 is 27.6 Å². The molecule has 27 heavy (non-hydrogen) atoms. The van der Waals surface area contributed by atoms with Crippen molar-refractivity contribution in [2.45, 2.75) is 50.6 Å². The maximum Gasteiger partial charge on any atom is 0.327 e. The van der Waals surface area contributed by atoms with Crippen LogP contribution in [0.5, 0.6) is 0 Å². The van der Waals surface area contributed by atoms with Crippen molar-refractivity contribution in [1.29, 1.82) is 0 Å². The van der Waals surface area contributed by atoms with Crippen molar-refractivity contribution in [3.63, 3.8) is 0 Å². The first-order valence-corrected chi connectivity index (χ1v) is 10.7. The largest absolute Gasteiger partial charge is 0.465 e. The van der Waals surface area contributed by atoms with Gasteiger partial charge in [0, 0.05) is 16.3 Å². The molecular weight excluding hydrogens is 390 g/mol. The minimum absolute atomic E-state index is 0.0240. The predicted molar refractivity (Wildman–Crippen MR) is 101 cm³/mol. The third-order valence-corrected chi connectivity index (χ3v) is 6.47. The molecule has 1 aliphatic carbocycles. The van der Waals surface area contributed by atoms with E-state index in [1.165, 1.54) is 12.1 Å². The summed E-state index contributed by atoms with van der Waals surface area (Å²) in [7, 11) is -3.73. The molecule has 0 radical (unpaired) electrons. The van der Waals surface area contributed by atoms with Gasteiger partial charge < -0.3 is 4.74 Å². The van der Waals surface area contributed by atoms with Crippen molar-refractivity contribution in [2.75, 3.05) is 6.61 Å². The highest BCUT2D eigenvalue weighted by molar-refractivity contribution is 7.89. The minimum Gasteiger partial charge on any atom is -0.465 e. The number of nitrogens with zero attached hydrogens (tertiary/aromatic N) is 2. The number of halogens is 1. The van der Waals surface area contributed by atoms with E-state index in [4.69, 9.17) is 16.3 Å². The molecule has 0 aliphatic heterocycles. The number of carbonyl (C=O) groups excluding carboxylic acids is 1. The molecule has 1 unspecified atom stereocenters. The summed E-state index contributed by atoms with van der Waals surface area (Å²) in [6, 6.07) is 4.28. The van der Waals surface area contributed by atoms with E-state index >= 15 is 0 Å². The molecule has 1 aliphatic rings. The summed E-state index contributed by atoms with van der Waals surface area (Å²) in [4.78, 5) is 11.9. The van der Waals surface area contributed by atoms with Crippen LogP contribution >= 0.6 is 11.6 Å². The maximum absolute atomic E-state index is 12.8. The molecule has 0 spiro atoms. The number of hydrogen-bond acceptors (Lipinski definition) is 5. The standard InChI is InChI=1S/C18H22ClN3O4S/c1-3-26-18(23)11-22-17-6-4-5-16(14(17)10-20-22)21-27(24,25)13-8-7-12(2)15(19)9-13/h7-10,16,21H,3-6,11H2,1-2H3. The second-order valence-corrected chi connectivity index (χ2v) is 8.61. The van der Waals surface area contributed by atoms with Crippen LogP contribution in [0, 0.1) is 6.92 Å². The quantitative estimate of drug-likeness (QED) is 0.738. The Hall–Kier alpha value is -1.90. The normalized spacial score (nSPS) is 16.8. The van der Waals surface area contributed by atoms with Crippen LogP contribution in [0.3, 0.4) is 0 Å². The minimum atomic E-state index is -3.73. The van der Waals surface area contributed by atoms with Crippen molar-refractivity contribution < 1.29 is 17.9 Å². The molecule has 1 atom stereocenters. The topological polar surface area (TPSA) is 90.3 Å². The molecule has 0 fully saturated rings. The number of ether oxygens (including phenoxy) is 1. The van der Waals surface area contributed by atoms with E-state index in [1.807, 2.05) is 6.92 Å². The number of hydrogen-bond donors (Lipinski definition) is 1. The molecule has 1 N–H and O–H groups in total. The number of benzene rings is 1. The number of carbonyl (C=O) groups is 1. The number of sulfonamides is 1. The number of esters is 1. The second kappa shape index (κ2) is 8.00. The van der Waals surface area contributed by atoms with Gasteiger partial charge in [0.2, 0.25) is 10.0 Å². The molecular formula is C18H22ClN3O4S. The van der Waals surface area contributed by atoms with Gasteiger partial charge in [0.05, 0.1) is 23.7 Å². The highest BCUT2D eigenvalue weighted by atomic mass is 35.5. The van der Waals surface area contributed by atoms with E-state index in [0.29, 0.717) is 18.1 Å². The van der Waals surface area contributed by atoms with Crippen LogP contribution in [0.1, 0.15) is 42.6 Å². The zero-order valence-corrected chi connectivity index (χ0v) is 16.8. The Labute approximate surface area is 163 Å². The molecule has 9 heteroatoms. The Morgan fingerprint density at radius 1 is 1.44 bits per heavy atom. The molecule has 7 nitrogen and oxygen atoms in total. The van der Waals surface area contributed by atoms with E-state index in [2.05, 4.69) is 9.82 Å². The number of fused-ring (bicyclic) bond motifs is 1. The average molecular weight is 412 g/mol. The molecule has 1 heterocycles. The summed E-state index contributed by atoms with van der Waals surface area (Å²) >= 11 is 6.07. The first-order chi connectivity index (χ1) is 12.8. The molecule has 3 rings (SSSR count). The smallest absolute Gasteiger partial charge is 0.327 e. The van der Waals surface area contributed by atoms with Crippen LogP contribution in [0.4, 0.5) is 0 Å². The molecule has 1 aromatic heterocycles. The first kappa shape index (κ1) is 19.9. The van der Waals surface area contributed by atoms with Gasteiger partial charge in [0.1, 0.15) is 6.54 Å². The van der Waals surface area contributed by atoms with Crippen LogP contribution in [0.25, 0.3) is 0 Å². The van der Waals surface area contributed by atoms with Crippen LogP contribution in [0.15, 0.2) is 29.3 Å². The van der Waals surface area contributed by atoms with Gasteiger partial charge in [0.15, 0.2) is 0 Å². The third-order valence-electron chi connectivity index (χ3n) is 4.60. The fourth-order valence-corrected chi connectivity index (χ4v) is 4.72. The number of nitrogens with one attached hydrogen (secondary N) is 1. The van der Waals surface area contributed by atoms with Gasteiger partial charge >= 0.3 is 5.97 Å². The third kappa shape index (κ3) is 4.34. The SMILES string of the molecule is CCOC(=O)Cn1ncc2c1CCCC2NS(=O)(=O)c1ccc(C)c(Cl)c1. The fourth-order valence-electron chi connectivity index (χ4n) is 3.20. The van der Waals surface area contributed by atoms with Crippen molar-refractivity contribution in [1.82, 2.24) is 14.5 Å². The Kier molecular flexibility index (Phi) is 5.88. The molecule has 0 saturated carbocycles. The number of aryl methyl sites for hydroxylation is 1. The van der Waals surface area contributed by atoms with Crippen molar-refractivity contribution in [3.05, 3.63) is 46.2 Å². The number of rotatable bonds is 6. The molecule has 0 saturated heterocycles. The van der Waals surface area contributed by atoms with Crippen molar-refractivity contribution in [2.24, 2.45) is 0 Å². The Morgan fingerprint density at radius 3 is 2.93 bits per heavy atom. The lowest BCUT2D eigenvalue weighted by Gasteiger charge is -2.24. The highest BCUT2D eigenvalue weighted by Crippen LogP contribution is 2.31. The molecule has 146 valence electrons. The van der Waals surface area contributed by atoms with Crippen LogP contribution in [-0.2, 0) is 32.5 Å². The summed E-state index contributed by atoms with van der Waals surface area (Å²) < 4.78 is 34.9. The van der Waals surface area contributed by atoms with E-state index in [9.17, 15) is 13.2 Å². The summed E-state index contributed by atoms with van der Waals surface area (Å²) in [5.74, 6) is -0.361. The Morgan fingerprint density at radius 2 is 2.22 bits per heavy atom. The van der Waals surface area contributed by atoms with Gasteiger partial charge in [-0.3, -0.25) is 9.48 Å². The van der Waals surface area contributed by atoms with Crippen LogP contribution in [-0.4, -0.2) is 30.8 Å². The zero-order chi connectivity index (χ0) is 19.6. The van der Waals surface area contributed by atoms with Gasteiger partial charge in [-0.2, -0.15) is 5.10 Å². The summed E-state index contributed by atoms with van der Waals surface area (Å²) in [5.41, 5.74) is 2.48. The lowest BCUT2D eigenvalue weighted by atomic mass is 9.94. The molecule has 2 aromatic rings. The first-order valence-electron chi connectivity index (χ1n) is 8.80. The van der Waals surface area contributed by atoms with Gasteiger partial charge in [0.25, 0.3) is 0 Å². The predicted octanol–water partition coefficient (Wildman–Crippen LogP) is 2.76. The number of aromatic nitrogens is 2. The molecule has 0 bridgehead atoms. The fraction of sp³-hybridized carbons (Fsp3) is 0.444. The summed E-state index contributed by atoms with van der Waals surface area (Å²) in [5, 5.41) is 4.67. The molecule has 0 amide bonds. The van der Waals surface area contributed by atoms with E-state index < -0.39 is 16.1 Å². The van der Waals surface area contributed by atoms with Crippen molar-refractivity contribution in [3.8, 4) is 0 Å². The lowest BCUT2D eigenvalue weighted by Crippen LogP contribution is -2.31. The van der Waals surface area contributed by atoms with Crippen LogP contribution in [0.2, 0.25) is 5.02 Å². The van der Waals surface area contributed by atoms with Crippen LogP contribution < -0.4 is 4.72 Å². The molecule has 1 aromatic carbocycles. The van der Waals surface area contributed by atoms with Gasteiger partial charge in [-0.05, 0) is 50.8 Å². The van der Waals surface area contributed by atoms with Gasteiger partial charge in [-0.1, -0.05) is 17.7 Å². The zero-order valence-electron chi connectivity index (χ0n) is 15.2. The monoisotopic (exact) mass is 411 g/mol. The van der Waals surface area contributed by atoms with Gasteiger partial charge in [-0.15, -0.1) is 0 Å².